The first-order chi connectivity index (χ1) is 7.15. The van der Waals surface area contributed by atoms with Crippen molar-refractivity contribution >= 4 is 5.96 Å². The van der Waals surface area contributed by atoms with E-state index in [1.54, 1.807) is 7.05 Å². The maximum Gasteiger partial charge on any atom is 0.188 e. The van der Waals surface area contributed by atoms with Gasteiger partial charge in [0.2, 0.25) is 0 Å². The molecule has 88 valence electrons. The van der Waals surface area contributed by atoms with Gasteiger partial charge in [-0.25, -0.2) is 0 Å². The Labute approximate surface area is 92.3 Å². The van der Waals surface area contributed by atoms with Crippen LogP contribution in [0.15, 0.2) is 4.99 Å². The van der Waals surface area contributed by atoms with Gasteiger partial charge in [-0.3, -0.25) is 4.99 Å². The fourth-order valence-corrected chi connectivity index (χ4v) is 2.17. The van der Waals surface area contributed by atoms with Crippen LogP contribution in [0, 0.1) is 0 Å². The predicted molar refractivity (Wildman–Crippen MR) is 63.0 cm³/mol. The van der Waals surface area contributed by atoms with Crippen molar-refractivity contribution < 1.29 is 4.74 Å². The van der Waals surface area contributed by atoms with Gasteiger partial charge in [0.25, 0.3) is 0 Å². The number of nitrogens with one attached hydrogen (secondary N) is 1. The third-order valence-electron chi connectivity index (χ3n) is 3.37. The van der Waals surface area contributed by atoms with E-state index in [4.69, 9.17) is 10.5 Å². The summed E-state index contributed by atoms with van der Waals surface area (Å²) in [4.78, 5) is 3.92. The van der Waals surface area contributed by atoms with E-state index in [1.807, 2.05) is 0 Å². The average Bonchev–Trinajstić information content (AvgIpc) is 2.29. The van der Waals surface area contributed by atoms with E-state index >= 15 is 0 Å². The number of aliphatic imine (C=N–C) groups is 1. The summed E-state index contributed by atoms with van der Waals surface area (Å²) < 4.78 is 5.89. The lowest BCUT2D eigenvalue weighted by molar-refractivity contribution is -0.0910. The van der Waals surface area contributed by atoms with Gasteiger partial charge in [-0.15, -0.1) is 0 Å². The van der Waals surface area contributed by atoms with Gasteiger partial charge in [-0.05, 0) is 25.7 Å². The van der Waals surface area contributed by atoms with E-state index < -0.39 is 0 Å². The molecule has 15 heavy (non-hydrogen) atoms. The first kappa shape index (κ1) is 12.3. The van der Waals surface area contributed by atoms with Gasteiger partial charge in [0.15, 0.2) is 5.96 Å². The van der Waals surface area contributed by atoms with Gasteiger partial charge >= 0.3 is 0 Å². The number of hydrogen-bond acceptors (Lipinski definition) is 2. The molecule has 1 aliphatic heterocycles. The number of ether oxygens (including phenoxy) is 1. The Bertz CT molecular complexity index is 224. The van der Waals surface area contributed by atoms with Crippen LogP contribution in [0.4, 0.5) is 0 Å². The first-order valence-electron chi connectivity index (χ1n) is 5.78. The van der Waals surface area contributed by atoms with Crippen molar-refractivity contribution in [3.8, 4) is 0 Å². The van der Waals surface area contributed by atoms with Gasteiger partial charge in [0.05, 0.1) is 5.60 Å². The molecule has 0 aromatic rings. The Morgan fingerprint density at radius 1 is 1.53 bits per heavy atom. The molecule has 0 aromatic heterocycles. The summed E-state index contributed by atoms with van der Waals surface area (Å²) in [5.41, 5.74) is 5.72. The molecular weight excluding hydrogens is 190 g/mol. The molecule has 0 radical (unpaired) electrons. The van der Waals surface area contributed by atoms with E-state index in [2.05, 4.69) is 24.2 Å². The molecule has 1 heterocycles. The van der Waals surface area contributed by atoms with Crippen LogP contribution in [0.25, 0.3) is 0 Å². The third-order valence-corrected chi connectivity index (χ3v) is 3.37. The number of hydrogen-bond donors (Lipinski definition) is 2. The van der Waals surface area contributed by atoms with Crippen LogP contribution in [0.2, 0.25) is 0 Å². The Balaban J connectivity index is 2.55. The highest BCUT2D eigenvalue weighted by molar-refractivity contribution is 5.77. The number of nitrogens with zero attached hydrogens (tertiary/aromatic N) is 1. The van der Waals surface area contributed by atoms with Crippen molar-refractivity contribution in [3.63, 3.8) is 0 Å². The topological polar surface area (TPSA) is 59.6 Å². The zero-order valence-corrected chi connectivity index (χ0v) is 10.0. The molecule has 0 bridgehead atoms. The van der Waals surface area contributed by atoms with Crippen LogP contribution in [0.5, 0.6) is 0 Å². The van der Waals surface area contributed by atoms with E-state index in [0.29, 0.717) is 12.0 Å². The van der Waals surface area contributed by atoms with Crippen molar-refractivity contribution in [3.05, 3.63) is 0 Å². The van der Waals surface area contributed by atoms with Crippen LogP contribution in [-0.4, -0.2) is 31.3 Å². The Morgan fingerprint density at radius 3 is 2.73 bits per heavy atom. The Morgan fingerprint density at radius 2 is 2.20 bits per heavy atom. The molecule has 1 saturated heterocycles. The van der Waals surface area contributed by atoms with Gasteiger partial charge in [-0.1, -0.05) is 13.8 Å². The van der Waals surface area contributed by atoms with Gasteiger partial charge in [0.1, 0.15) is 0 Å². The second-order valence-corrected chi connectivity index (χ2v) is 4.18. The SMILES string of the molecule is CCC1(CC)CC(NC(N)=NC)CCO1. The summed E-state index contributed by atoms with van der Waals surface area (Å²) >= 11 is 0. The zero-order valence-electron chi connectivity index (χ0n) is 10.0. The third kappa shape index (κ3) is 3.09. The number of nitrogens with two attached hydrogens (primary N) is 1. The summed E-state index contributed by atoms with van der Waals surface area (Å²) in [5.74, 6) is 0.531. The molecule has 3 N–H and O–H groups in total. The molecule has 1 unspecified atom stereocenters. The van der Waals surface area contributed by atoms with E-state index in [1.165, 1.54) is 0 Å². The van der Waals surface area contributed by atoms with Crippen molar-refractivity contribution in [2.45, 2.75) is 51.2 Å². The van der Waals surface area contributed by atoms with Gasteiger partial charge in [-0.2, -0.15) is 0 Å². The molecule has 1 rings (SSSR count). The largest absolute Gasteiger partial charge is 0.375 e. The average molecular weight is 213 g/mol. The molecular formula is C11H23N3O. The molecule has 0 amide bonds. The maximum absolute atomic E-state index is 5.89. The highest BCUT2D eigenvalue weighted by Gasteiger charge is 2.34. The lowest BCUT2D eigenvalue weighted by atomic mass is 9.86. The second kappa shape index (κ2) is 5.35. The molecule has 0 aliphatic carbocycles. The van der Waals surface area contributed by atoms with Crippen molar-refractivity contribution in [1.29, 1.82) is 0 Å². The van der Waals surface area contributed by atoms with Crippen molar-refractivity contribution in [2.75, 3.05) is 13.7 Å². The van der Waals surface area contributed by atoms with E-state index in [0.717, 1.165) is 32.3 Å². The summed E-state index contributed by atoms with van der Waals surface area (Å²) in [6.45, 7) is 5.18. The number of guanidine groups is 1. The summed E-state index contributed by atoms with van der Waals surface area (Å²) in [6.07, 6.45) is 4.16. The standard InChI is InChI=1S/C11H23N3O/c1-4-11(5-2)8-9(6-7-15-11)14-10(12)13-3/h9H,4-8H2,1-3H3,(H3,12,13,14). The minimum atomic E-state index is 0.0456. The fourth-order valence-electron chi connectivity index (χ4n) is 2.17. The lowest BCUT2D eigenvalue weighted by Gasteiger charge is -2.40. The molecule has 1 fully saturated rings. The molecule has 4 nitrogen and oxygen atoms in total. The highest BCUT2D eigenvalue weighted by atomic mass is 16.5. The van der Waals surface area contributed by atoms with Crippen LogP contribution < -0.4 is 11.1 Å². The van der Waals surface area contributed by atoms with Gasteiger partial charge < -0.3 is 15.8 Å². The van der Waals surface area contributed by atoms with Crippen LogP contribution >= 0.6 is 0 Å². The molecule has 0 saturated carbocycles. The maximum atomic E-state index is 5.89. The summed E-state index contributed by atoms with van der Waals surface area (Å²) in [6, 6.07) is 0.405. The van der Waals surface area contributed by atoms with E-state index in [9.17, 15) is 0 Å². The van der Waals surface area contributed by atoms with Crippen molar-refractivity contribution in [1.82, 2.24) is 5.32 Å². The van der Waals surface area contributed by atoms with Gasteiger partial charge in [0, 0.05) is 19.7 Å². The highest BCUT2D eigenvalue weighted by Crippen LogP contribution is 2.31. The predicted octanol–water partition coefficient (Wildman–Crippen LogP) is 1.26. The summed E-state index contributed by atoms with van der Waals surface area (Å²) in [5, 5.41) is 3.24. The normalized spacial score (nSPS) is 26.3. The van der Waals surface area contributed by atoms with E-state index in [-0.39, 0.29) is 5.60 Å². The smallest absolute Gasteiger partial charge is 0.188 e. The molecule has 0 spiro atoms. The quantitative estimate of drug-likeness (QED) is 0.548. The summed E-state index contributed by atoms with van der Waals surface area (Å²) in [7, 11) is 1.70. The number of rotatable bonds is 3. The zero-order chi connectivity index (χ0) is 11.3. The monoisotopic (exact) mass is 213 g/mol. The second-order valence-electron chi connectivity index (χ2n) is 4.18. The fraction of sp³-hybridized carbons (Fsp3) is 0.909. The molecule has 1 aliphatic rings. The van der Waals surface area contributed by atoms with Crippen LogP contribution in [-0.2, 0) is 4.74 Å². The van der Waals surface area contributed by atoms with Crippen LogP contribution in [0.1, 0.15) is 39.5 Å². The van der Waals surface area contributed by atoms with Crippen LogP contribution in [0.3, 0.4) is 0 Å². The van der Waals surface area contributed by atoms with Crippen molar-refractivity contribution in [2.24, 2.45) is 10.7 Å². The Hall–Kier alpha value is -0.770. The lowest BCUT2D eigenvalue weighted by Crippen LogP contribution is -2.49. The minimum Gasteiger partial charge on any atom is -0.375 e. The molecule has 0 aromatic carbocycles. The molecule has 1 atom stereocenters. The molecule has 4 heteroatoms. The minimum absolute atomic E-state index is 0.0456. The Kier molecular flexibility index (Phi) is 4.39. The first-order valence-corrected chi connectivity index (χ1v) is 5.78.